The summed E-state index contributed by atoms with van der Waals surface area (Å²) in [7, 11) is 0. The van der Waals surface area contributed by atoms with Crippen LogP contribution in [-0.4, -0.2) is 11.6 Å². The van der Waals surface area contributed by atoms with E-state index in [-0.39, 0.29) is 12.0 Å². The first kappa shape index (κ1) is 15.7. The molecule has 0 spiro atoms. The first-order valence-electron chi connectivity index (χ1n) is 7.18. The first-order valence-corrected chi connectivity index (χ1v) is 7.18. The molecule has 0 aromatic carbocycles. The van der Waals surface area contributed by atoms with Crippen LogP contribution in [0.5, 0.6) is 0 Å². The lowest BCUT2D eigenvalue weighted by Gasteiger charge is -2.20. The molecular formula is C15H24N2O2. The minimum Gasteiger partial charge on any atom is -0.150 e. The molecule has 4 nitrogen and oxygen atoms in total. The molecule has 106 valence electrons. The molecule has 0 heterocycles. The molecule has 0 saturated heterocycles. The average molecular weight is 264 g/mol. The zero-order chi connectivity index (χ0) is 14.1. The monoisotopic (exact) mass is 264 g/mol. The van der Waals surface area contributed by atoms with Crippen LogP contribution in [-0.2, 0) is 0 Å². The zero-order valence-corrected chi connectivity index (χ0v) is 11.8. The molecule has 1 fully saturated rings. The summed E-state index contributed by atoms with van der Waals surface area (Å²) in [5.41, 5.74) is -0.685. The summed E-state index contributed by atoms with van der Waals surface area (Å²) >= 11 is 0. The van der Waals surface area contributed by atoms with E-state index in [1.54, 1.807) is 6.08 Å². The van der Waals surface area contributed by atoms with Gasteiger partial charge in [-0.05, 0) is 25.7 Å². The third kappa shape index (κ3) is 4.37. The largest absolute Gasteiger partial charge is 0.150 e. The molecule has 0 bridgehead atoms. The molecule has 1 rings (SSSR count). The SMILES string of the molecule is C=CC(C/C=C/[C@@H]1CCC[C@H]1N=O)(CCCC)N=O. The number of unbranched alkanes of at least 4 members (excludes halogenated alkanes) is 1. The van der Waals surface area contributed by atoms with Crippen molar-refractivity contribution < 1.29 is 0 Å². The fourth-order valence-electron chi connectivity index (χ4n) is 2.66. The normalized spacial score (nSPS) is 26.2. The van der Waals surface area contributed by atoms with Crippen molar-refractivity contribution in [1.29, 1.82) is 0 Å². The van der Waals surface area contributed by atoms with E-state index in [0.717, 1.165) is 38.5 Å². The molecule has 1 aliphatic carbocycles. The second kappa shape index (κ2) is 7.97. The van der Waals surface area contributed by atoms with Crippen molar-refractivity contribution in [3.05, 3.63) is 34.6 Å². The fraction of sp³-hybridized carbons (Fsp3) is 0.733. The maximum Gasteiger partial charge on any atom is 0.124 e. The van der Waals surface area contributed by atoms with E-state index in [9.17, 15) is 9.81 Å². The summed E-state index contributed by atoms with van der Waals surface area (Å²) in [6, 6.07) is -0.0887. The van der Waals surface area contributed by atoms with Crippen LogP contribution >= 0.6 is 0 Å². The molecular weight excluding hydrogens is 240 g/mol. The van der Waals surface area contributed by atoms with Gasteiger partial charge in [0.2, 0.25) is 0 Å². The summed E-state index contributed by atoms with van der Waals surface area (Å²) in [4.78, 5) is 21.8. The smallest absolute Gasteiger partial charge is 0.124 e. The molecule has 1 saturated carbocycles. The van der Waals surface area contributed by atoms with Crippen molar-refractivity contribution in [2.45, 2.75) is 63.5 Å². The van der Waals surface area contributed by atoms with Crippen molar-refractivity contribution in [2.24, 2.45) is 16.3 Å². The van der Waals surface area contributed by atoms with Gasteiger partial charge in [0, 0.05) is 5.92 Å². The Labute approximate surface area is 115 Å². The fourth-order valence-corrected chi connectivity index (χ4v) is 2.66. The molecule has 0 N–H and O–H groups in total. The van der Waals surface area contributed by atoms with Gasteiger partial charge in [0.05, 0.1) is 6.04 Å². The van der Waals surface area contributed by atoms with E-state index in [1.807, 2.05) is 12.2 Å². The topological polar surface area (TPSA) is 58.9 Å². The van der Waals surface area contributed by atoms with E-state index >= 15 is 0 Å². The Hall–Kier alpha value is -1.32. The van der Waals surface area contributed by atoms with Crippen molar-refractivity contribution in [3.8, 4) is 0 Å². The second-order valence-electron chi connectivity index (χ2n) is 5.40. The Kier molecular flexibility index (Phi) is 6.60. The number of rotatable bonds is 9. The highest BCUT2D eigenvalue weighted by Crippen LogP contribution is 2.31. The molecule has 4 heteroatoms. The van der Waals surface area contributed by atoms with Gasteiger partial charge in [0.25, 0.3) is 0 Å². The quantitative estimate of drug-likeness (QED) is 0.445. The van der Waals surface area contributed by atoms with Crippen LogP contribution in [0.1, 0.15) is 51.9 Å². The number of nitrogens with zero attached hydrogens (tertiary/aromatic N) is 2. The summed E-state index contributed by atoms with van der Waals surface area (Å²) in [6.07, 6.45) is 11.9. The van der Waals surface area contributed by atoms with Gasteiger partial charge in [0.15, 0.2) is 0 Å². The minimum absolute atomic E-state index is 0.0887. The molecule has 0 aromatic heterocycles. The average Bonchev–Trinajstić information content (AvgIpc) is 2.90. The van der Waals surface area contributed by atoms with Crippen LogP contribution in [0.2, 0.25) is 0 Å². The lowest BCUT2D eigenvalue weighted by molar-refractivity contribution is 0.468. The molecule has 19 heavy (non-hydrogen) atoms. The van der Waals surface area contributed by atoms with E-state index in [1.165, 1.54) is 0 Å². The number of hydrogen-bond acceptors (Lipinski definition) is 4. The van der Waals surface area contributed by atoms with E-state index < -0.39 is 5.54 Å². The highest BCUT2D eigenvalue weighted by atomic mass is 16.3. The van der Waals surface area contributed by atoms with Crippen LogP contribution in [0.25, 0.3) is 0 Å². The lowest BCUT2D eigenvalue weighted by atomic mass is 9.89. The Balaban J connectivity index is 2.57. The van der Waals surface area contributed by atoms with Crippen LogP contribution in [0.4, 0.5) is 0 Å². The summed E-state index contributed by atoms with van der Waals surface area (Å²) in [5.74, 6) is 0.234. The lowest BCUT2D eigenvalue weighted by Crippen LogP contribution is -2.22. The minimum atomic E-state index is -0.685. The molecule has 1 aliphatic rings. The summed E-state index contributed by atoms with van der Waals surface area (Å²) < 4.78 is 0. The van der Waals surface area contributed by atoms with Crippen LogP contribution in [0, 0.1) is 15.7 Å². The molecule has 0 radical (unpaired) electrons. The maximum absolute atomic E-state index is 11.1. The van der Waals surface area contributed by atoms with Crippen LogP contribution in [0.15, 0.2) is 35.2 Å². The van der Waals surface area contributed by atoms with Gasteiger partial charge in [-0.15, -0.1) is 11.5 Å². The zero-order valence-electron chi connectivity index (χ0n) is 11.8. The van der Waals surface area contributed by atoms with Gasteiger partial charge >= 0.3 is 0 Å². The van der Waals surface area contributed by atoms with Gasteiger partial charge in [-0.2, -0.15) is 4.91 Å². The van der Waals surface area contributed by atoms with Crippen LogP contribution in [0.3, 0.4) is 0 Å². The van der Waals surface area contributed by atoms with Crippen LogP contribution < -0.4 is 0 Å². The third-order valence-electron chi connectivity index (χ3n) is 4.05. The van der Waals surface area contributed by atoms with E-state index in [0.29, 0.717) is 6.42 Å². The van der Waals surface area contributed by atoms with Crippen molar-refractivity contribution in [3.63, 3.8) is 0 Å². The Morgan fingerprint density at radius 1 is 1.37 bits per heavy atom. The maximum atomic E-state index is 11.1. The van der Waals surface area contributed by atoms with Crippen molar-refractivity contribution in [1.82, 2.24) is 0 Å². The Morgan fingerprint density at radius 3 is 2.74 bits per heavy atom. The van der Waals surface area contributed by atoms with E-state index in [2.05, 4.69) is 23.9 Å². The predicted octanol–water partition coefficient (Wildman–Crippen LogP) is 4.75. The Morgan fingerprint density at radius 2 is 2.16 bits per heavy atom. The van der Waals surface area contributed by atoms with Gasteiger partial charge in [0.1, 0.15) is 5.54 Å². The first-order chi connectivity index (χ1) is 9.21. The molecule has 3 atom stereocenters. The predicted molar refractivity (Wildman–Crippen MR) is 78.9 cm³/mol. The van der Waals surface area contributed by atoms with E-state index in [4.69, 9.17) is 0 Å². The summed E-state index contributed by atoms with van der Waals surface area (Å²) in [5, 5.41) is 6.44. The van der Waals surface area contributed by atoms with Gasteiger partial charge < -0.3 is 0 Å². The van der Waals surface area contributed by atoms with Crippen molar-refractivity contribution in [2.75, 3.05) is 0 Å². The highest BCUT2D eigenvalue weighted by Gasteiger charge is 2.28. The molecule has 1 unspecified atom stereocenters. The number of hydrogen-bond donors (Lipinski definition) is 0. The third-order valence-corrected chi connectivity index (χ3v) is 4.05. The second-order valence-corrected chi connectivity index (χ2v) is 5.40. The number of nitroso groups, excluding NO2 is 2. The standard InChI is InChI=1S/C15H24N2O2/c1-3-5-11-15(4-2,17-19)12-7-9-13-8-6-10-14(13)16-18/h4,7,9,13-14H,2-3,5-6,8,10-12H2,1H3/b9-7+/t13-,14+,15?/m0/s1. The Bertz CT molecular complexity index is 331. The van der Waals surface area contributed by atoms with Gasteiger partial charge in [-0.3, -0.25) is 0 Å². The highest BCUT2D eigenvalue weighted by molar-refractivity contribution is 5.09. The molecule has 0 aliphatic heterocycles. The van der Waals surface area contributed by atoms with Crippen molar-refractivity contribution >= 4 is 0 Å². The van der Waals surface area contributed by atoms with Gasteiger partial charge in [-0.25, -0.2) is 0 Å². The molecule has 0 amide bonds. The molecule has 0 aromatic rings. The summed E-state index contributed by atoms with van der Waals surface area (Å²) in [6.45, 7) is 5.83. The van der Waals surface area contributed by atoms with Gasteiger partial charge in [-0.1, -0.05) is 54.8 Å².